The van der Waals surface area contributed by atoms with Crippen molar-refractivity contribution in [3.05, 3.63) is 33.0 Å². The van der Waals surface area contributed by atoms with Crippen LogP contribution < -0.4 is 0 Å². The molecule has 2 aliphatic heterocycles. The number of hydrogen-bond donors (Lipinski definition) is 0. The molecule has 2 aliphatic rings. The topological polar surface area (TPSA) is 66.9 Å². The van der Waals surface area contributed by atoms with Crippen molar-refractivity contribution in [2.24, 2.45) is 0 Å². The molecule has 0 N–H and O–H groups in total. The summed E-state index contributed by atoms with van der Waals surface area (Å²) in [5, 5.41) is 2.53. The summed E-state index contributed by atoms with van der Waals surface area (Å²) in [5.74, 6) is -0.504. The lowest BCUT2D eigenvalue weighted by atomic mass is 10.1. The van der Waals surface area contributed by atoms with E-state index in [0.717, 1.165) is 6.42 Å². The molecule has 1 aromatic rings. The fraction of sp³-hybridized carbons (Fsp3) is 0.438. The third-order valence-corrected chi connectivity index (χ3v) is 5.94. The molecule has 0 saturated carbocycles. The number of hydrogen-bond acceptors (Lipinski definition) is 6. The van der Waals surface area contributed by atoms with Crippen LogP contribution in [0, 0.1) is 0 Å². The van der Waals surface area contributed by atoms with E-state index in [1.54, 1.807) is 23.2 Å². The summed E-state index contributed by atoms with van der Waals surface area (Å²) in [4.78, 5) is 40.7. The summed E-state index contributed by atoms with van der Waals surface area (Å²) in [7, 11) is 0. The van der Waals surface area contributed by atoms with E-state index in [1.165, 1.54) is 33.2 Å². The fourth-order valence-electron chi connectivity index (χ4n) is 2.68. The Morgan fingerprint density at radius 2 is 2.25 bits per heavy atom. The number of carbonyl (C=O) groups is 3. The Morgan fingerprint density at radius 3 is 3.04 bits per heavy atom. The van der Waals surface area contributed by atoms with E-state index in [1.807, 2.05) is 11.4 Å². The molecule has 0 aliphatic carbocycles. The molecule has 1 saturated heterocycles. The first-order valence-electron chi connectivity index (χ1n) is 7.73. The third kappa shape index (κ3) is 3.64. The second kappa shape index (κ2) is 7.40. The van der Waals surface area contributed by atoms with Gasteiger partial charge in [0.2, 0.25) is 11.8 Å². The normalized spacial score (nSPS) is 18.9. The fourth-order valence-corrected chi connectivity index (χ4v) is 4.50. The maximum atomic E-state index is 12.6. The zero-order valence-corrected chi connectivity index (χ0v) is 15.0. The van der Waals surface area contributed by atoms with Gasteiger partial charge in [-0.05, 0) is 30.4 Å². The molecule has 0 aromatic carbocycles. The first-order valence-corrected chi connectivity index (χ1v) is 9.59. The maximum Gasteiger partial charge on any atom is 0.333 e. The van der Waals surface area contributed by atoms with Crippen molar-refractivity contribution in [1.82, 2.24) is 9.80 Å². The SMILES string of the molecule is CCOC(=O)/C=C1/SCC(=O)N1CC(=O)N1CCc2sccc2C1. The summed E-state index contributed by atoms with van der Waals surface area (Å²) in [6.07, 6.45) is 2.15. The molecule has 2 amide bonds. The summed E-state index contributed by atoms with van der Waals surface area (Å²) < 4.78 is 4.88. The highest BCUT2D eigenvalue weighted by Gasteiger charge is 2.31. The number of amides is 2. The molecule has 1 fully saturated rings. The van der Waals surface area contributed by atoms with E-state index in [4.69, 9.17) is 4.74 Å². The highest BCUT2D eigenvalue weighted by molar-refractivity contribution is 8.04. The zero-order valence-electron chi connectivity index (χ0n) is 13.3. The van der Waals surface area contributed by atoms with Gasteiger partial charge in [0.05, 0.1) is 23.5 Å². The average Bonchev–Trinajstić information content (AvgIpc) is 3.15. The van der Waals surface area contributed by atoms with E-state index in [9.17, 15) is 14.4 Å². The van der Waals surface area contributed by atoms with Crippen molar-refractivity contribution in [1.29, 1.82) is 0 Å². The van der Waals surface area contributed by atoms with E-state index >= 15 is 0 Å². The monoisotopic (exact) mass is 366 g/mol. The standard InChI is InChI=1S/C16H18N2O4S2/c1-2-22-16(21)7-15-18(14(20)10-24-15)9-13(19)17-5-3-12-11(8-17)4-6-23-12/h4,6-7H,2-3,5,8-10H2,1H3/b15-7+. The van der Waals surface area contributed by atoms with Crippen LogP contribution in [0.4, 0.5) is 0 Å². The number of thioether (sulfide) groups is 1. The number of carbonyl (C=O) groups excluding carboxylic acids is 3. The van der Waals surface area contributed by atoms with Gasteiger partial charge in [0.25, 0.3) is 0 Å². The largest absolute Gasteiger partial charge is 0.463 e. The Labute approximate surface area is 148 Å². The van der Waals surface area contributed by atoms with Crippen molar-refractivity contribution >= 4 is 40.9 Å². The van der Waals surface area contributed by atoms with Gasteiger partial charge < -0.3 is 9.64 Å². The Bertz CT molecular complexity index is 698. The van der Waals surface area contributed by atoms with Crippen LogP contribution in [-0.4, -0.2) is 53.0 Å². The number of esters is 1. The lowest BCUT2D eigenvalue weighted by Gasteiger charge is -2.29. The number of ether oxygens (including phenoxy) is 1. The van der Waals surface area contributed by atoms with Crippen LogP contribution >= 0.6 is 23.1 Å². The molecule has 3 heterocycles. The molecule has 8 heteroatoms. The summed E-state index contributed by atoms with van der Waals surface area (Å²) in [6.45, 7) is 3.22. The number of thiophene rings is 1. The second-order valence-electron chi connectivity index (χ2n) is 5.44. The van der Waals surface area contributed by atoms with Gasteiger partial charge in [0, 0.05) is 18.0 Å². The van der Waals surface area contributed by atoms with Gasteiger partial charge >= 0.3 is 5.97 Å². The summed E-state index contributed by atoms with van der Waals surface area (Å²) in [5.41, 5.74) is 1.18. The maximum absolute atomic E-state index is 12.6. The Kier molecular flexibility index (Phi) is 5.25. The molecule has 128 valence electrons. The molecule has 0 unspecified atom stereocenters. The van der Waals surface area contributed by atoms with Crippen molar-refractivity contribution in [2.45, 2.75) is 19.9 Å². The Balaban J connectivity index is 1.66. The number of rotatable bonds is 4. The van der Waals surface area contributed by atoms with Gasteiger partial charge in [-0.25, -0.2) is 4.79 Å². The van der Waals surface area contributed by atoms with E-state index in [-0.39, 0.29) is 30.7 Å². The predicted octanol–water partition coefficient (Wildman–Crippen LogP) is 1.61. The van der Waals surface area contributed by atoms with Crippen LogP contribution in [0.2, 0.25) is 0 Å². The van der Waals surface area contributed by atoms with Crippen LogP contribution in [0.3, 0.4) is 0 Å². The van der Waals surface area contributed by atoms with Crippen molar-refractivity contribution in [2.75, 3.05) is 25.4 Å². The van der Waals surface area contributed by atoms with Crippen LogP contribution in [-0.2, 0) is 32.1 Å². The molecule has 1 aromatic heterocycles. The Hall–Kier alpha value is -1.80. The smallest absolute Gasteiger partial charge is 0.333 e. The van der Waals surface area contributed by atoms with E-state index in [0.29, 0.717) is 18.1 Å². The predicted molar refractivity (Wildman–Crippen MR) is 92.3 cm³/mol. The van der Waals surface area contributed by atoms with Crippen LogP contribution in [0.1, 0.15) is 17.4 Å². The minimum atomic E-state index is -0.493. The van der Waals surface area contributed by atoms with Gasteiger partial charge in [-0.15, -0.1) is 11.3 Å². The molecule has 0 bridgehead atoms. The van der Waals surface area contributed by atoms with Gasteiger partial charge in [0.15, 0.2) is 0 Å². The first-order chi connectivity index (χ1) is 11.6. The molecular formula is C16H18N2O4S2. The minimum absolute atomic E-state index is 0.0312. The zero-order chi connectivity index (χ0) is 17.1. The second-order valence-corrected chi connectivity index (χ2v) is 7.43. The molecule has 0 spiro atoms. The third-order valence-electron chi connectivity index (χ3n) is 3.89. The quantitative estimate of drug-likeness (QED) is 0.598. The van der Waals surface area contributed by atoms with Crippen molar-refractivity contribution in [3.63, 3.8) is 0 Å². The number of fused-ring (bicyclic) bond motifs is 1. The molecular weight excluding hydrogens is 348 g/mol. The first kappa shape index (κ1) is 17.0. The van der Waals surface area contributed by atoms with Gasteiger partial charge in [-0.3, -0.25) is 14.5 Å². The van der Waals surface area contributed by atoms with Gasteiger partial charge in [-0.2, -0.15) is 0 Å². The van der Waals surface area contributed by atoms with Gasteiger partial charge in [-0.1, -0.05) is 11.8 Å². The number of nitrogens with zero attached hydrogens (tertiary/aromatic N) is 2. The lowest BCUT2D eigenvalue weighted by molar-refractivity contribution is -0.138. The van der Waals surface area contributed by atoms with E-state index < -0.39 is 5.97 Å². The van der Waals surface area contributed by atoms with Crippen LogP contribution in [0.5, 0.6) is 0 Å². The van der Waals surface area contributed by atoms with Crippen LogP contribution in [0.25, 0.3) is 0 Å². The highest BCUT2D eigenvalue weighted by atomic mass is 32.2. The van der Waals surface area contributed by atoms with Crippen molar-refractivity contribution < 1.29 is 19.1 Å². The summed E-state index contributed by atoms with van der Waals surface area (Å²) >= 11 is 2.98. The molecule has 24 heavy (non-hydrogen) atoms. The average molecular weight is 366 g/mol. The van der Waals surface area contributed by atoms with E-state index in [2.05, 4.69) is 0 Å². The molecule has 6 nitrogen and oxygen atoms in total. The van der Waals surface area contributed by atoms with Crippen molar-refractivity contribution in [3.8, 4) is 0 Å². The Morgan fingerprint density at radius 1 is 1.42 bits per heavy atom. The highest BCUT2D eigenvalue weighted by Crippen LogP contribution is 2.29. The summed E-state index contributed by atoms with van der Waals surface area (Å²) in [6, 6.07) is 2.04. The lowest BCUT2D eigenvalue weighted by Crippen LogP contribution is -2.42. The van der Waals surface area contributed by atoms with Gasteiger partial charge in [0.1, 0.15) is 6.54 Å². The minimum Gasteiger partial charge on any atom is -0.463 e. The molecule has 0 radical (unpaired) electrons. The molecule has 3 rings (SSSR count). The molecule has 0 atom stereocenters. The van der Waals surface area contributed by atoms with Crippen LogP contribution in [0.15, 0.2) is 22.6 Å².